The molecule has 68 valence electrons. The van der Waals surface area contributed by atoms with Crippen molar-refractivity contribution in [3.63, 3.8) is 0 Å². The summed E-state index contributed by atoms with van der Waals surface area (Å²) >= 11 is 7.31. The van der Waals surface area contributed by atoms with Crippen LogP contribution in [0.1, 0.15) is 21.1 Å². The Morgan fingerprint density at radius 3 is 2.85 bits per heavy atom. The maximum atomic E-state index is 10.7. The maximum Gasteiger partial charge on any atom is 0.196 e. The molecule has 0 atom stereocenters. The summed E-state index contributed by atoms with van der Waals surface area (Å²) in [5, 5.41) is 0.282. The molecule has 2 aromatic heterocycles. The third-order valence-electron chi connectivity index (χ3n) is 2.04. The minimum Gasteiger partial charge on any atom is -0.296 e. The van der Waals surface area contributed by atoms with Crippen molar-refractivity contribution >= 4 is 34.2 Å². The number of hydrogen-bond acceptors (Lipinski definition) is 3. The summed E-state index contributed by atoms with van der Waals surface area (Å²) in [5.74, 6) is 0. The number of carbonyl (C=O) groups excluding carboxylic acids is 1. The van der Waals surface area contributed by atoms with E-state index in [9.17, 15) is 4.79 Å². The van der Waals surface area contributed by atoms with Crippen LogP contribution in [0.5, 0.6) is 0 Å². The van der Waals surface area contributed by atoms with Crippen LogP contribution >= 0.6 is 22.9 Å². The second-order valence-corrected chi connectivity index (χ2v) is 4.31. The molecule has 0 N–H and O–H groups in total. The zero-order valence-corrected chi connectivity index (χ0v) is 8.74. The lowest BCUT2D eigenvalue weighted by molar-refractivity contribution is 0.111. The van der Waals surface area contributed by atoms with Gasteiger partial charge in [-0.05, 0) is 13.8 Å². The molecule has 0 fully saturated rings. The number of nitrogens with zero attached hydrogens (tertiary/aromatic N) is 2. The molecule has 3 nitrogen and oxygen atoms in total. The fraction of sp³-hybridized carbons (Fsp3) is 0.250. The Labute approximate surface area is 84.0 Å². The van der Waals surface area contributed by atoms with Crippen LogP contribution in [-0.4, -0.2) is 15.7 Å². The van der Waals surface area contributed by atoms with Gasteiger partial charge in [0.15, 0.2) is 16.4 Å². The van der Waals surface area contributed by atoms with E-state index in [-0.39, 0.29) is 5.15 Å². The van der Waals surface area contributed by atoms with Gasteiger partial charge in [0.05, 0.1) is 0 Å². The number of aldehydes is 1. The topological polar surface area (TPSA) is 34.4 Å². The average Bonchev–Trinajstić information content (AvgIpc) is 2.51. The molecule has 0 bridgehead atoms. The third kappa shape index (κ3) is 1.09. The molecule has 0 spiro atoms. The molecule has 2 rings (SSSR count). The number of aromatic nitrogens is 2. The van der Waals surface area contributed by atoms with Crippen molar-refractivity contribution in [2.45, 2.75) is 13.8 Å². The average molecular weight is 215 g/mol. The zero-order valence-electron chi connectivity index (χ0n) is 7.17. The fourth-order valence-electron chi connectivity index (χ4n) is 1.25. The Kier molecular flexibility index (Phi) is 1.89. The summed E-state index contributed by atoms with van der Waals surface area (Å²) < 4.78 is 1.79. The van der Waals surface area contributed by atoms with Gasteiger partial charge in [0.1, 0.15) is 5.69 Å². The van der Waals surface area contributed by atoms with E-state index in [2.05, 4.69) is 4.98 Å². The van der Waals surface area contributed by atoms with E-state index >= 15 is 0 Å². The maximum absolute atomic E-state index is 10.7. The van der Waals surface area contributed by atoms with E-state index in [4.69, 9.17) is 11.6 Å². The van der Waals surface area contributed by atoms with Crippen LogP contribution in [0, 0.1) is 13.8 Å². The summed E-state index contributed by atoms with van der Waals surface area (Å²) in [6.45, 7) is 3.95. The van der Waals surface area contributed by atoms with Crippen LogP contribution in [0.4, 0.5) is 0 Å². The Balaban J connectivity index is 2.94. The molecule has 0 saturated carbocycles. The number of rotatable bonds is 1. The van der Waals surface area contributed by atoms with Crippen molar-refractivity contribution < 1.29 is 4.79 Å². The van der Waals surface area contributed by atoms with E-state index in [0.29, 0.717) is 5.69 Å². The van der Waals surface area contributed by atoms with Crippen molar-refractivity contribution in [2.75, 3.05) is 0 Å². The molecule has 0 aliphatic heterocycles. The summed E-state index contributed by atoms with van der Waals surface area (Å²) in [6, 6.07) is 0. The van der Waals surface area contributed by atoms with Crippen LogP contribution < -0.4 is 0 Å². The van der Waals surface area contributed by atoms with Crippen molar-refractivity contribution in [2.24, 2.45) is 0 Å². The van der Waals surface area contributed by atoms with Gasteiger partial charge in [-0.25, -0.2) is 4.98 Å². The van der Waals surface area contributed by atoms with E-state index < -0.39 is 0 Å². The molecule has 13 heavy (non-hydrogen) atoms. The third-order valence-corrected chi connectivity index (χ3v) is 3.37. The van der Waals surface area contributed by atoms with E-state index in [0.717, 1.165) is 21.8 Å². The number of imidazole rings is 1. The molecule has 2 aromatic rings. The van der Waals surface area contributed by atoms with Crippen LogP contribution in [0.3, 0.4) is 0 Å². The SMILES string of the molecule is Cc1sc2nc(Cl)c(C=O)n2c1C. The van der Waals surface area contributed by atoms with Crippen molar-refractivity contribution in [1.82, 2.24) is 9.38 Å². The smallest absolute Gasteiger partial charge is 0.196 e. The minimum absolute atomic E-state index is 0.282. The molecule has 0 aromatic carbocycles. The number of halogens is 1. The highest BCUT2D eigenvalue weighted by Gasteiger charge is 2.14. The highest BCUT2D eigenvalue weighted by atomic mass is 35.5. The molecule has 0 radical (unpaired) electrons. The number of hydrogen-bond donors (Lipinski definition) is 0. The Hall–Kier alpha value is -0.870. The van der Waals surface area contributed by atoms with Gasteiger partial charge < -0.3 is 0 Å². The molecule has 2 heterocycles. The van der Waals surface area contributed by atoms with Gasteiger partial charge >= 0.3 is 0 Å². The van der Waals surface area contributed by atoms with Gasteiger partial charge in [0.2, 0.25) is 0 Å². The quantitative estimate of drug-likeness (QED) is 0.684. The monoisotopic (exact) mass is 214 g/mol. The van der Waals surface area contributed by atoms with Crippen LogP contribution in [0.15, 0.2) is 0 Å². The highest BCUT2D eigenvalue weighted by Crippen LogP contribution is 2.26. The summed E-state index contributed by atoms with van der Waals surface area (Å²) in [6.07, 6.45) is 0.738. The van der Waals surface area contributed by atoms with Crippen molar-refractivity contribution in [3.8, 4) is 0 Å². The Morgan fingerprint density at radius 1 is 1.54 bits per heavy atom. The van der Waals surface area contributed by atoms with Gasteiger partial charge in [-0.1, -0.05) is 11.6 Å². The lowest BCUT2D eigenvalue weighted by Crippen LogP contribution is -1.91. The second-order valence-electron chi connectivity index (χ2n) is 2.77. The van der Waals surface area contributed by atoms with E-state index in [1.807, 2.05) is 13.8 Å². The number of thiazole rings is 1. The summed E-state index contributed by atoms with van der Waals surface area (Å²) in [5.41, 5.74) is 1.47. The fourth-order valence-corrected chi connectivity index (χ4v) is 2.48. The minimum atomic E-state index is 0.282. The van der Waals surface area contributed by atoms with E-state index in [1.54, 1.807) is 4.40 Å². The molecule has 0 aliphatic carbocycles. The van der Waals surface area contributed by atoms with Gasteiger partial charge in [0, 0.05) is 10.6 Å². The predicted octanol–water partition coefficient (Wildman–Crippen LogP) is 2.48. The Morgan fingerprint density at radius 2 is 2.23 bits per heavy atom. The normalized spacial score (nSPS) is 11.0. The van der Waals surface area contributed by atoms with Crippen LogP contribution in [0.2, 0.25) is 5.15 Å². The van der Waals surface area contributed by atoms with Gasteiger partial charge in [-0.2, -0.15) is 0 Å². The number of fused-ring (bicyclic) bond motifs is 1. The van der Waals surface area contributed by atoms with Gasteiger partial charge in [-0.15, -0.1) is 11.3 Å². The first-order chi connectivity index (χ1) is 6.15. The second kappa shape index (κ2) is 2.82. The number of aryl methyl sites for hydroxylation is 2. The Bertz CT molecular complexity index is 486. The van der Waals surface area contributed by atoms with Crippen molar-refractivity contribution in [3.05, 3.63) is 21.4 Å². The molecule has 5 heteroatoms. The van der Waals surface area contributed by atoms with Crippen LogP contribution in [-0.2, 0) is 0 Å². The molecule has 0 amide bonds. The van der Waals surface area contributed by atoms with Gasteiger partial charge in [-0.3, -0.25) is 9.20 Å². The summed E-state index contributed by atoms with van der Waals surface area (Å²) in [7, 11) is 0. The molecular formula is C8H7ClN2OS. The lowest BCUT2D eigenvalue weighted by Gasteiger charge is -1.92. The molecule has 0 aliphatic rings. The van der Waals surface area contributed by atoms with Gasteiger partial charge in [0.25, 0.3) is 0 Å². The first kappa shape index (κ1) is 8.72. The van der Waals surface area contributed by atoms with Crippen LogP contribution in [0.25, 0.3) is 4.96 Å². The lowest BCUT2D eigenvalue weighted by atomic mass is 10.4. The molecule has 0 saturated heterocycles. The first-order valence-corrected chi connectivity index (χ1v) is 4.93. The van der Waals surface area contributed by atoms with E-state index in [1.165, 1.54) is 11.3 Å². The first-order valence-electron chi connectivity index (χ1n) is 3.74. The molecule has 0 unspecified atom stereocenters. The summed E-state index contributed by atoms with van der Waals surface area (Å²) in [4.78, 5) is 16.7. The van der Waals surface area contributed by atoms with Crippen molar-refractivity contribution in [1.29, 1.82) is 0 Å². The number of carbonyl (C=O) groups is 1. The molecular weight excluding hydrogens is 208 g/mol. The highest BCUT2D eigenvalue weighted by molar-refractivity contribution is 7.17. The predicted molar refractivity (Wildman–Crippen MR) is 52.9 cm³/mol. The zero-order chi connectivity index (χ0) is 9.59. The standard InChI is InChI=1S/C8H7ClN2OS/c1-4-5(2)13-8-10-7(9)6(3-12)11(4)8/h3H,1-2H3. The largest absolute Gasteiger partial charge is 0.296 e.